The van der Waals surface area contributed by atoms with Gasteiger partial charge in [0, 0.05) is 30.5 Å². The molecule has 0 saturated carbocycles. The fraction of sp³-hybridized carbons (Fsp3) is 0.385. The lowest BCUT2D eigenvalue weighted by molar-refractivity contribution is 0.813. The minimum Gasteiger partial charge on any atom is -0.341 e. The molecule has 0 saturated heterocycles. The normalized spacial score (nSPS) is 10.5. The van der Waals surface area contributed by atoms with Gasteiger partial charge in [-0.15, -0.1) is 0 Å². The molecule has 0 aromatic carbocycles. The summed E-state index contributed by atoms with van der Waals surface area (Å²) in [7, 11) is 0. The molecule has 2 aromatic rings. The predicted octanol–water partition coefficient (Wildman–Crippen LogP) is 2.74. The maximum absolute atomic E-state index is 5.99. The summed E-state index contributed by atoms with van der Waals surface area (Å²) in [5, 5.41) is 0.210. The van der Waals surface area contributed by atoms with E-state index in [-0.39, 0.29) is 5.28 Å². The van der Waals surface area contributed by atoms with E-state index in [1.807, 2.05) is 24.0 Å². The molecule has 0 atom stereocenters. The number of aryl methyl sites for hydroxylation is 1. The fourth-order valence-corrected chi connectivity index (χ4v) is 1.96. The van der Waals surface area contributed by atoms with Crippen LogP contribution >= 0.6 is 11.6 Å². The highest BCUT2D eigenvalue weighted by Gasteiger charge is 2.11. The highest BCUT2D eigenvalue weighted by Crippen LogP contribution is 2.19. The van der Waals surface area contributed by atoms with Crippen molar-refractivity contribution in [2.75, 3.05) is 18.0 Å². The van der Waals surface area contributed by atoms with Gasteiger partial charge in [-0.25, -0.2) is 0 Å². The van der Waals surface area contributed by atoms with Gasteiger partial charge in [0.15, 0.2) is 5.82 Å². The second kappa shape index (κ2) is 5.93. The van der Waals surface area contributed by atoms with Crippen molar-refractivity contribution in [1.82, 2.24) is 19.9 Å². The third-order valence-corrected chi connectivity index (χ3v) is 2.97. The topological polar surface area (TPSA) is 54.8 Å². The van der Waals surface area contributed by atoms with Gasteiger partial charge in [0.25, 0.3) is 0 Å². The molecule has 0 amide bonds. The quantitative estimate of drug-likeness (QED) is 0.860. The van der Waals surface area contributed by atoms with Crippen LogP contribution in [-0.2, 0) is 0 Å². The van der Waals surface area contributed by atoms with E-state index in [0.717, 1.165) is 24.3 Å². The Hall–Kier alpha value is -1.75. The SMILES string of the molecule is CCN(CC)c1nc(Cl)nc(-c2ccnc(C)c2)n1. The highest BCUT2D eigenvalue weighted by atomic mass is 35.5. The third-order valence-electron chi connectivity index (χ3n) is 2.80. The Labute approximate surface area is 117 Å². The van der Waals surface area contributed by atoms with Crippen molar-refractivity contribution in [3.8, 4) is 11.4 Å². The number of rotatable bonds is 4. The van der Waals surface area contributed by atoms with Gasteiger partial charge in [-0.2, -0.15) is 15.0 Å². The van der Waals surface area contributed by atoms with E-state index in [9.17, 15) is 0 Å². The zero-order chi connectivity index (χ0) is 13.8. The van der Waals surface area contributed by atoms with Crippen LogP contribution in [0.3, 0.4) is 0 Å². The van der Waals surface area contributed by atoms with Crippen LogP contribution in [0.4, 0.5) is 5.95 Å². The summed E-state index contributed by atoms with van der Waals surface area (Å²) in [5.74, 6) is 1.18. The van der Waals surface area contributed by atoms with Crippen LogP contribution in [-0.4, -0.2) is 33.0 Å². The molecule has 0 aliphatic rings. The molecule has 6 heteroatoms. The number of aromatic nitrogens is 4. The number of hydrogen-bond donors (Lipinski definition) is 0. The Morgan fingerprint density at radius 3 is 2.53 bits per heavy atom. The molecular weight excluding hydrogens is 262 g/mol. The summed E-state index contributed by atoms with van der Waals surface area (Å²) < 4.78 is 0. The van der Waals surface area contributed by atoms with Gasteiger partial charge in [-0.05, 0) is 44.5 Å². The molecule has 5 nitrogen and oxygen atoms in total. The molecule has 0 radical (unpaired) electrons. The van der Waals surface area contributed by atoms with Crippen LogP contribution in [0.25, 0.3) is 11.4 Å². The van der Waals surface area contributed by atoms with Crippen molar-refractivity contribution in [2.24, 2.45) is 0 Å². The van der Waals surface area contributed by atoms with Gasteiger partial charge in [0.05, 0.1) is 0 Å². The summed E-state index contributed by atoms with van der Waals surface area (Å²) in [6.45, 7) is 7.68. The molecule has 2 rings (SSSR count). The second-order valence-corrected chi connectivity index (χ2v) is 4.42. The standard InChI is InChI=1S/C13H16ClN5/c1-4-19(5-2)13-17-11(16-12(14)18-13)10-6-7-15-9(3)8-10/h6-8H,4-5H2,1-3H3. The van der Waals surface area contributed by atoms with E-state index in [2.05, 4.69) is 33.8 Å². The number of nitrogens with zero attached hydrogens (tertiary/aromatic N) is 5. The van der Waals surface area contributed by atoms with Gasteiger partial charge in [-0.1, -0.05) is 0 Å². The number of pyridine rings is 1. The van der Waals surface area contributed by atoms with Crippen molar-refractivity contribution in [2.45, 2.75) is 20.8 Å². The van der Waals surface area contributed by atoms with Crippen molar-refractivity contribution >= 4 is 17.5 Å². The molecule has 0 spiro atoms. The van der Waals surface area contributed by atoms with Crippen LogP contribution in [0.2, 0.25) is 5.28 Å². The Kier molecular flexibility index (Phi) is 4.27. The van der Waals surface area contributed by atoms with E-state index in [0.29, 0.717) is 11.8 Å². The Morgan fingerprint density at radius 1 is 1.16 bits per heavy atom. The summed E-state index contributed by atoms with van der Waals surface area (Å²) in [6.07, 6.45) is 1.74. The van der Waals surface area contributed by atoms with E-state index < -0.39 is 0 Å². The molecule has 2 heterocycles. The predicted molar refractivity (Wildman–Crippen MR) is 76.4 cm³/mol. The first-order chi connectivity index (χ1) is 9.13. The van der Waals surface area contributed by atoms with E-state index in [4.69, 9.17) is 11.6 Å². The van der Waals surface area contributed by atoms with Gasteiger partial charge in [-0.3, -0.25) is 4.98 Å². The van der Waals surface area contributed by atoms with Crippen LogP contribution < -0.4 is 4.90 Å². The Balaban J connectivity index is 2.47. The lowest BCUT2D eigenvalue weighted by Gasteiger charge is -2.18. The Morgan fingerprint density at radius 2 is 1.89 bits per heavy atom. The lowest BCUT2D eigenvalue weighted by atomic mass is 10.2. The molecule has 0 N–H and O–H groups in total. The average molecular weight is 278 g/mol. The van der Waals surface area contributed by atoms with Crippen LogP contribution in [0.1, 0.15) is 19.5 Å². The summed E-state index contributed by atoms with van der Waals surface area (Å²) in [6, 6.07) is 3.79. The van der Waals surface area contributed by atoms with Crippen molar-refractivity contribution in [3.05, 3.63) is 29.3 Å². The molecule has 0 bridgehead atoms. The van der Waals surface area contributed by atoms with Gasteiger partial charge >= 0.3 is 0 Å². The van der Waals surface area contributed by atoms with E-state index in [1.54, 1.807) is 6.20 Å². The summed E-state index contributed by atoms with van der Waals surface area (Å²) >= 11 is 5.99. The van der Waals surface area contributed by atoms with Gasteiger partial charge < -0.3 is 4.90 Å². The number of anilines is 1. The first kappa shape index (κ1) is 13.7. The first-order valence-corrected chi connectivity index (χ1v) is 6.61. The van der Waals surface area contributed by atoms with Crippen molar-refractivity contribution < 1.29 is 0 Å². The highest BCUT2D eigenvalue weighted by molar-refractivity contribution is 6.28. The molecule has 19 heavy (non-hydrogen) atoms. The van der Waals surface area contributed by atoms with Crippen LogP contribution in [0, 0.1) is 6.92 Å². The monoisotopic (exact) mass is 277 g/mol. The molecule has 100 valence electrons. The number of hydrogen-bond acceptors (Lipinski definition) is 5. The smallest absolute Gasteiger partial charge is 0.230 e. The molecule has 0 aliphatic carbocycles. The molecular formula is C13H16ClN5. The summed E-state index contributed by atoms with van der Waals surface area (Å²) in [4.78, 5) is 19.0. The van der Waals surface area contributed by atoms with Crippen LogP contribution in [0.5, 0.6) is 0 Å². The largest absolute Gasteiger partial charge is 0.341 e. The molecule has 0 fully saturated rings. The fourth-order valence-electron chi connectivity index (χ4n) is 1.80. The minimum atomic E-state index is 0.210. The van der Waals surface area contributed by atoms with Crippen molar-refractivity contribution in [1.29, 1.82) is 0 Å². The zero-order valence-corrected chi connectivity index (χ0v) is 12.0. The molecule has 2 aromatic heterocycles. The average Bonchev–Trinajstić information content (AvgIpc) is 2.39. The minimum absolute atomic E-state index is 0.210. The molecule has 0 unspecified atom stereocenters. The molecule has 0 aliphatic heterocycles. The van der Waals surface area contributed by atoms with Gasteiger partial charge in [0.1, 0.15) is 0 Å². The first-order valence-electron chi connectivity index (χ1n) is 6.23. The lowest BCUT2D eigenvalue weighted by Crippen LogP contribution is -2.24. The maximum atomic E-state index is 5.99. The number of halogens is 1. The van der Waals surface area contributed by atoms with E-state index in [1.165, 1.54) is 0 Å². The van der Waals surface area contributed by atoms with Crippen molar-refractivity contribution in [3.63, 3.8) is 0 Å². The summed E-state index contributed by atoms with van der Waals surface area (Å²) in [5.41, 5.74) is 1.81. The third kappa shape index (κ3) is 3.17. The second-order valence-electron chi connectivity index (χ2n) is 4.09. The van der Waals surface area contributed by atoms with Crippen LogP contribution in [0.15, 0.2) is 18.3 Å². The zero-order valence-electron chi connectivity index (χ0n) is 11.3. The van der Waals surface area contributed by atoms with E-state index >= 15 is 0 Å². The van der Waals surface area contributed by atoms with Gasteiger partial charge in [0.2, 0.25) is 11.2 Å². The Bertz CT molecular complexity index is 569. The maximum Gasteiger partial charge on any atom is 0.230 e.